The quantitative estimate of drug-likeness (QED) is 0.590. The highest BCUT2D eigenvalue weighted by molar-refractivity contribution is 5.61. The van der Waals surface area contributed by atoms with Crippen LogP contribution < -0.4 is 0 Å². The molecular formula is C23H27N3. The van der Waals surface area contributed by atoms with Crippen LogP contribution in [0.2, 0.25) is 0 Å². The molecule has 0 saturated carbocycles. The Morgan fingerprint density at radius 3 is 1.58 bits per heavy atom. The van der Waals surface area contributed by atoms with Gasteiger partial charge in [-0.15, -0.1) is 0 Å². The average molecular weight is 345 g/mol. The molecule has 2 aromatic carbocycles. The second-order valence-electron chi connectivity index (χ2n) is 8.13. The second kappa shape index (κ2) is 6.99. The van der Waals surface area contributed by atoms with Crippen LogP contribution in [-0.2, 0) is 5.41 Å². The van der Waals surface area contributed by atoms with Crippen molar-refractivity contribution in [3.8, 4) is 22.8 Å². The third kappa shape index (κ3) is 3.98. The van der Waals surface area contributed by atoms with Crippen molar-refractivity contribution in [1.29, 1.82) is 0 Å². The van der Waals surface area contributed by atoms with Crippen LogP contribution in [0.1, 0.15) is 57.5 Å². The topological polar surface area (TPSA) is 38.7 Å². The van der Waals surface area contributed by atoms with E-state index in [0.29, 0.717) is 5.92 Å². The third-order valence-electron chi connectivity index (χ3n) is 4.59. The van der Waals surface area contributed by atoms with Crippen molar-refractivity contribution in [1.82, 2.24) is 15.0 Å². The summed E-state index contributed by atoms with van der Waals surface area (Å²) in [6, 6.07) is 17.0. The summed E-state index contributed by atoms with van der Waals surface area (Å²) in [6.45, 7) is 13.0. The average Bonchev–Trinajstić information content (AvgIpc) is 2.60. The molecule has 0 bridgehead atoms. The number of benzene rings is 2. The molecule has 0 fully saturated rings. The van der Waals surface area contributed by atoms with Crippen LogP contribution in [0.4, 0.5) is 0 Å². The Hall–Kier alpha value is -2.55. The first-order valence-electron chi connectivity index (χ1n) is 9.18. The Morgan fingerprint density at radius 1 is 0.692 bits per heavy atom. The van der Waals surface area contributed by atoms with E-state index in [1.807, 2.05) is 6.92 Å². The molecule has 0 atom stereocenters. The van der Waals surface area contributed by atoms with Gasteiger partial charge in [0, 0.05) is 11.1 Å². The normalized spacial score (nSPS) is 11.8. The Morgan fingerprint density at radius 2 is 1.15 bits per heavy atom. The molecule has 1 aromatic heterocycles. The standard InChI is InChI=1S/C23H27N3/c1-15(2)17-7-9-18(10-8-17)21-24-16(3)25-22(26-21)19-11-13-20(14-12-19)23(4,5)6/h7-15H,1-6H3. The van der Waals surface area contributed by atoms with Gasteiger partial charge in [-0.3, -0.25) is 0 Å². The van der Waals surface area contributed by atoms with Crippen molar-refractivity contribution in [2.24, 2.45) is 0 Å². The lowest BCUT2D eigenvalue weighted by Gasteiger charge is -2.19. The van der Waals surface area contributed by atoms with Gasteiger partial charge in [0.25, 0.3) is 0 Å². The maximum atomic E-state index is 4.72. The Bertz CT molecular complexity index is 886. The predicted octanol–water partition coefficient (Wildman–Crippen LogP) is 5.93. The van der Waals surface area contributed by atoms with Crippen molar-refractivity contribution in [3.05, 3.63) is 65.5 Å². The lowest BCUT2D eigenvalue weighted by Crippen LogP contribution is -2.10. The smallest absolute Gasteiger partial charge is 0.163 e. The fraction of sp³-hybridized carbons (Fsp3) is 0.348. The van der Waals surface area contributed by atoms with E-state index >= 15 is 0 Å². The zero-order chi connectivity index (χ0) is 18.9. The maximum absolute atomic E-state index is 4.72. The molecule has 3 nitrogen and oxygen atoms in total. The van der Waals surface area contributed by atoms with E-state index in [1.54, 1.807) is 0 Å². The number of rotatable bonds is 3. The molecule has 134 valence electrons. The van der Waals surface area contributed by atoms with E-state index in [9.17, 15) is 0 Å². The molecular weight excluding hydrogens is 318 g/mol. The molecule has 3 aromatic rings. The van der Waals surface area contributed by atoms with Crippen molar-refractivity contribution in [3.63, 3.8) is 0 Å². The molecule has 3 rings (SSSR count). The van der Waals surface area contributed by atoms with E-state index in [2.05, 4.69) is 93.1 Å². The van der Waals surface area contributed by atoms with Crippen LogP contribution in [0.25, 0.3) is 22.8 Å². The maximum Gasteiger partial charge on any atom is 0.163 e. The van der Waals surface area contributed by atoms with E-state index in [-0.39, 0.29) is 5.41 Å². The number of hydrogen-bond donors (Lipinski definition) is 0. The number of nitrogens with zero attached hydrogens (tertiary/aromatic N) is 3. The van der Waals surface area contributed by atoms with Gasteiger partial charge in [-0.25, -0.2) is 15.0 Å². The first-order valence-corrected chi connectivity index (χ1v) is 9.18. The summed E-state index contributed by atoms with van der Waals surface area (Å²) >= 11 is 0. The Kier molecular flexibility index (Phi) is 4.90. The van der Waals surface area contributed by atoms with E-state index < -0.39 is 0 Å². The largest absolute Gasteiger partial charge is 0.213 e. The van der Waals surface area contributed by atoms with Crippen LogP contribution in [0.5, 0.6) is 0 Å². The second-order valence-corrected chi connectivity index (χ2v) is 8.13. The van der Waals surface area contributed by atoms with Crippen LogP contribution in [0, 0.1) is 6.92 Å². The molecule has 0 saturated heterocycles. The molecule has 0 N–H and O–H groups in total. The summed E-state index contributed by atoms with van der Waals surface area (Å²) < 4.78 is 0. The van der Waals surface area contributed by atoms with Gasteiger partial charge in [0.05, 0.1) is 0 Å². The fourth-order valence-corrected chi connectivity index (χ4v) is 2.88. The summed E-state index contributed by atoms with van der Waals surface area (Å²) in [6.07, 6.45) is 0. The van der Waals surface area contributed by atoms with Gasteiger partial charge in [0.2, 0.25) is 0 Å². The van der Waals surface area contributed by atoms with Gasteiger partial charge in [0.15, 0.2) is 11.6 Å². The first kappa shape index (κ1) is 18.2. The van der Waals surface area contributed by atoms with Crippen molar-refractivity contribution >= 4 is 0 Å². The van der Waals surface area contributed by atoms with Gasteiger partial charge in [-0.2, -0.15) is 0 Å². The third-order valence-corrected chi connectivity index (χ3v) is 4.59. The van der Waals surface area contributed by atoms with E-state index in [0.717, 1.165) is 28.6 Å². The van der Waals surface area contributed by atoms with Gasteiger partial charge in [-0.1, -0.05) is 83.1 Å². The van der Waals surface area contributed by atoms with Crippen molar-refractivity contribution < 1.29 is 0 Å². The van der Waals surface area contributed by atoms with Crippen molar-refractivity contribution in [2.75, 3.05) is 0 Å². The minimum Gasteiger partial charge on any atom is -0.213 e. The molecule has 0 unspecified atom stereocenters. The molecule has 26 heavy (non-hydrogen) atoms. The lowest BCUT2D eigenvalue weighted by atomic mass is 9.87. The van der Waals surface area contributed by atoms with E-state index in [1.165, 1.54) is 11.1 Å². The summed E-state index contributed by atoms with van der Waals surface area (Å²) in [4.78, 5) is 13.8. The lowest BCUT2D eigenvalue weighted by molar-refractivity contribution is 0.590. The molecule has 0 aliphatic heterocycles. The van der Waals surface area contributed by atoms with Crippen molar-refractivity contribution in [2.45, 2.75) is 52.9 Å². The SMILES string of the molecule is Cc1nc(-c2ccc(C(C)C)cc2)nc(-c2ccc(C(C)(C)C)cc2)n1. The van der Waals surface area contributed by atoms with E-state index in [4.69, 9.17) is 4.98 Å². The summed E-state index contributed by atoms with van der Waals surface area (Å²) in [7, 11) is 0. The summed E-state index contributed by atoms with van der Waals surface area (Å²) in [5.41, 5.74) is 4.79. The molecule has 0 aliphatic rings. The number of hydrogen-bond acceptors (Lipinski definition) is 3. The number of aryl methyl sites for hydroxylation is 1. The summed E-state index contributed by atoms with van der Waals surface area (Å²) in [5.74, 6) is 2.70. The molecule has 1 heterocycles. The highest BCUT2D eigenvalue weighted by atomic mass is 15.0. The van der Waals surface area contributed by atoms with Gasteiger partial charge < -0.3 is 0 Å². The number of aromatic nitrogens is 3. The zero-order valence-corrected chi connectivity index (χ0v) is 16.5. The van der Waals surface area contributed by atoms with Crippen LogP contribution in [-0.4, -0.2) is 15.0 Å². The fourth-order valence-electron chi connectivity index (χ4n) is 2.88. The molecule has 3 heteroatoms. The molecule has 0 spiro atoms. The monoisotopic (exact) mass is 345 g/mol. The molecule has 0 aliphatic carbocycles. The first-order chi connectivity index (χ1) is 12.2. The highest BCUT2D eigenvalue weighted by Gasteiger charge is 2.14. The van der Waals surface area contributed by atoms with Gasteiger partial charge in [-0.05, 0) is 29.4 Å². The molecule has 0 amide bonds. The van der Waals surface area contributed by atoms with Crippen LogP contribution >= 0.6 is 0 Å². The van der Waals surface area contributed by atoms with Gasteiger partial charge >= 0.3 is 0 Å². The van der Waals surface area contributed by atoms with Crippen LogP contribution in [0.15, 0.2) is 48.5 Å². The predicted molar refractivity (Wildman–Crippen MR) is 108 cm³/mol. The Labute approximate surface area is 156 Å². The minimum absolute atomic E-state index is 0.136. The zero-order valence-electron chi connectivity index (χ0n) is 16.5. The van der Waals surface area contributed by atoms with Crippen LogP contribution in [0.3, 0.4) is 0 Å². The minimum atomic E-state index is 0.136. The Balaban J connectivity index is 1.97. The molecule has 0 radical (unpaired) electrons. The van der Waals surface area contributed by atoms with Gasteiger partial charge in [0.1, 0.15) is 5.82 Å². The highest BCUT2D eigenvalue weighted by Crippen LogP contribution is 2.26. The summed E-state index contributed by atoms with van der Waals surface area (Å²) in [5, 5.41) is 0.